The van der Waals surface area contributed by atoms with Crippen molar-refractivity contribution < 1.29 is 9.53 Å². The molecule has 0 spiro atoms. The van der Waals surface area contributed by atoms with Crippen LogP contribution in [0.2, 0.25) is 5.02 Å². The fourth-order valence-electron chi connectivity index (χ4n) is 3.26. The summed E-state index contributed by atoms with van der Waals surface area (Å²) in [7, 11) is 0. The van der Waals surface area contributed by atoms with Crippen molar-refractivity contribution in [1.82, 2.24) is 15.1 Å². The second-order valence-electron chi connectivity index (χ2n) is 6.27. The Morgan fingerprint density at radius 3 is 2.79 bits per heavy atom. The molecule has 0 saturated carbocycles. The Bertz CT molecular complexity index is 565. The number of aryl methyl sites for hydroxylation is 1. The first-order chi connectivity index (χ1) is 11.1. The largest absolute Gasteiger partial charge is 0.484 e. The van der Waals surface area contributed by atoms with E-state index < -0.39 is 0 Å². The second-order valence-corrected chi connectivity index (χ2v) is 6.68. The number of nitrogens with zero attached hydrogens (tertiary/aromatic N) is 2. The molecule has 2 heterocycles. The van der Waals surface area contributed by atoms with E-state index in [1.165, 1.54) is 0 Å². The molecule has 3 rings (SSSR count). The van der Waals surface area contributed by atoms with Crippen molar-refractivity contribution in [3.05, 3.63) is 28.8 Å². The van der Waals surface area contributed by atoms with Crippen LogP contribution in [0.25, 0.3) is 0 Å². The number of rotatable bonds is 4. The molecule has 134 valence electrons. The number of nitrogens with one attached hydrogen (secondary N) is 1. The highest BCUT2D eigenvalue weighted by molar-refractivity contribution is 6.31. The van der Waals surface area contributed by atoms with Gasteiger partial charge in [0.1, 0.15) is 5.75 Å². The molecule has 24 heavy (non-hydrogen) atoms. The lowest BCUT2D eigenvalue weighted by molar-refractivity contribution is -0.132. The summed E-state index contributed by atoms with van der Waals surface area (Å²) in [6.45, 7) is 7.91. The number of hydrogen-bond acceptors (Lipinski definition) is 4. The zero-order valence-corrected chi connectivity index (χ0v) is 15.5. The number of hydrogen-bond donors (Lipinski definition) is 1. The van der Waals surface area contributed by atoms with Crippen LogP contribution in [0.4, 0.5) is 0 Å². The van der Waals surface area contributed by atoms with Gasteiger partial charge in [-0.1, -0.05) is 11.6 Å². The first-order valence-corrected chi connectivity index (χ1v) is 8.63. The third-order valence-corrected chi connectivity index (χ3v) is 5.10. The van der Waals surface area contributed by atoms with Gasteiger partial charge in [-0.3, -0.25) is 9.69 Å². The van der Waals surface area contributed by atoms with Crippen molar-refractivity contribution in [2.24, 2.45) is 0 Å². The SMILES string of the molecule is Cc1cc(OCC(=O)N2CCC(N3CCNCC3)C2)ccc1Cl.Cl. The van der Waals surface area contributed by atoms with Crippen LogP contribution in [-0.2, 0) is 4.79 Å². The van der Waals surface area contributed by atoms with Gasteiger partial charge in [0.2, 0.25) is 0 Å². The summed E-state index contributed by atoms with van der Waals surface area (Å²) in [6, 6.07) is 5.96. The predicted octanol–water partition coefficient (Wildman–Crippen LogP) is 1.96. The van der Waals surface area contributed by atoms with E-state index in [4.69, 9.17) is 16.3 Å². The van der Waals surface area contributed by atoms with Crippen molar-refractivity contribution in [2.75, 3.05) is 45.9 Å². The quantitative estimate of drug-likeness (QED) is 0.875. The molecule has 1 amide bonds. The molecular weight excluding hydrogens is 349 g/mol. The van der Waals surface area contributed by atoms with Gasteiger partial charge in [0.25, 0.3) is 5.91 Å². The zero-order chi connectivity index (χ0) is 16.2. The van der Waals surface area contributed by atoms with Crippen LogP contribution >= 0.6 is 24.0 Å². The molecular formula is C17H25Cl2N3O2. The average Bonchev–Trinajstić information content (AvgIpc) is 3.06. The Morgan fingerprint density at radius 2 is 2.08 bits per heavy atom. The normalized spacial score (nSPS) is 21.4. The minimum Gasteiger partial charge on any atom is -0.484 e. The van der Waals surface area contributed by atoms with E-state index in [0.717, 1.165) is 51.3 Å². The van der Waals surface area contributed by atoms with Crippen LogP contribution in [0.1, 0.15) is 12.0 Å². The number of amides is 1. The Hall–Kier alpha value is -1.01. The van der Waals surface area contributed by atoms with Gasteiger partial charge in [-0.25, -0.2) is 0 Å². The van der Waals surface area contributed by atoms with Gasteiger partial charge in [-0.05, 0) is 37.1 Å². The molecule has 2 fully saturated rings. The number of ether oxygens (including phenoxy) is 1. The van der Waals surface area contributed by atoms with Gasteiger partial charge < -0.3 is 15.0 Å². The third-order valence-electron chi connectivity index (χ3n) is 4.68. The van der Waals surface area contributed by atoms with E-state index in [9.17, 15) is 4.79 Å². The Labute approximate surface area is 154 Å². The summed E-state index contributed by atoms with van der Waals surface area (Å²) in [5.74, 6) is 0.758. The molecule has 2 aliphatic heterocycles. The zero-order valence-electron chi connectivity index (χ0n) is 14.0. The number of carbonyl (C=O) groups excluding carboxylic acids is 1. The van der Waals surface area contributed by atoms with E-state index in [1.807, 2.05) is 17.9 Å². The van der Waals surface area contributed by atoms with Crippen LogP contribution in [0.15, 0.2) is 18.2 Å². The van der Waals surface area contributed by atoms with Gasteiger partial charge in [-0.2, -0.15) is 0 Å². The maximum absolute atomic E-state index is 12.3. The molecule has 0 radical (unpaired) electrons. The van der Waals surface area contributed by atoms with Crippen molar-refractivity contribution >= 4 is 29.9 Å². The highest BCUT2D eigenvalue weighted by Crippen LogP contribution is 2.21. The van der Waals surface area contributed by atoms with Crippen LogP contribution < -0.4 is 10.1 Å². The van der Waals surface area contributed by atoms with Crippen LogP contribution in [0.3, 0.4) is 0 Å². The molecule has 1 aromatic rings. The molecule has 0 aromatic heterocycles. The molecule has 0 bridgehead atoms. The van der Waals surface area contributed by atoms with Crippen molar-refractivity contribution in [2.45, 2.75) is 19.4 Å². The van der Waals surface area contributed by atoms with E-state index in [2.05, 4.69) is 10.2 Å². The average molecular weight is 374 g/mol. The number of carbonyl (C=O) groups is 1. The van der Waals surface area contributed by atoms with E-state index in [1.54, 1.807) is 12.1 Å². The summed E-state index contributed by atoms with van der Waals surface area (Å²) in [5, 5.41) is 4.08. The highest BCUT2D eigenvalue weighted by Gasteiger charge is 2.30. The fourth-order valence-corrected chi connectivity index (χ4v) is 3.37. The Morgan fingerprint density at radius 1 is 1.33 bits per heavy atom. The summed E-state index contributed by atoms with van der Waals surface area (Å²) >= 11 is 6.00. The van der Waals surface area contributed by atoms with Crippen LogP contribution in [0.5, 0.6) is 5.75 Å². The first kappa shape index (κ1) is 19.3. The van der Waals surface area contributed by atoms with E-state index in [-0.39, 0.29) is 24.9 Å². The maximum atomic E-state index is 12.3. The molecule has 5 nitrogen and oxygen atoms in total. The minimum absolute atomic E-state index is 0. The monoisotopic (exact) mass is 373 g/mol. The Balaban J connectivity index is 0.00000208. The molecule has 2 aliphatic rings. The third kappa shape index (κ3) is 4.76. The highest BCUT2D eigenvalue weighted by atomic mass is 35.5. The molecule has 1 unspecified atom stereocenters. The summed E-state index contributed by atoms with van der Waals surface area (Å²) in [5.41, 5.74) is 0.955. The standard InChI is InChI=1S/C17H24ClN3O2.ClH/c1-13-10-15(2-3-16(13)18)23-12-17(22)21-7-4-14(11-21)20-8-5-19-6-9-20;/h2-3,10,14,19H,4-9,11-12H2,1H3;1H. The number of benzene rings is 1. The van der Waals surface area contributed by atoms with Gasteiger partial charge in [0.05, 0.1) is 0 Å². The van der Waals surface area contributed by atoms with Gasteiger partial charge in [-0.15, -0.1) is 12.4 Å². The molecule has 1 aromatic carbocycles. The van der Waals surface area contributed by atoms with Gasteiger partial charge in [0.15, 0.2) is 6.61 Å². The van der Waals surface area contributed by atoms with Gasteiger partial charge >= 0.3 is 0 Å². The smallest absolute Gasteiger partial charge is 0.260 e. The summed E-state index contributed by atoms with van der Waals surface area (Å²) in [6.07, 6.45) is 1.06. The Kier molecular flexibility index (Phi) is 7.16. The van der Waals surface area contributed by atoms with Crippen LogP contribution in [0, 0.1) is 6.92 Å². The van der Waals surface area contributed by atoms with Crippen molar-refractivity contribution in [3.63, 3.8) is 0 Å². The fraction of sp³-hybridized carbons (Fsp3) is 0.588. The lowest BCUT2D eigenvalue weighted by Gasteiger charge is -2.32. The van der Waals surface area contributed by atoms with Crippen molar-refractivity contribution in [3.8, 4) is 5.75 Å². The number of halogens is 2. The van der Waals surface area contributed by atoms with Gasteiger partial charge in [0, 0.05) is 50.3 Å². The number of piperazine rings is 1. The van der Waals surface area contributed by atoms with Crippen molar-refractivity contribution in [1.29, 1.82) is 0 Å². The second kappa shape index (κ2) is 8.90. The summed E-state index contributed by atoms with van der Waals surface area (Å²) in [4.78, 5) is 16.8. The van der Waals surface area contributed by atoms with E-state index in [0.29, 0.717) is 16.8 Å². The molecule has 1 atom stereocenters. The molecule has 0 aliphatic carbocycles. The summed E-state index contributed by atoms with van der Waals surface area (Å²) < 4.78 is 5.62. The number of likely N-dealkylation sites (tertiary alicyclic amines) is 1. The lowest BCUT2D eigenvalue weighted by Crippen LogP contribution is -2.49. The van der Waals surface area contributed by atoms with Crippen LogP contribution in [-0.4, -0.2) is 67.6 Å². The molecule has 7 heteroatoms. The topological polar surface area (TPSA) is 44.8 Å². The molecule has 2 saturated heterocycles. The molecule has 1 N–H and O–H groups in total. The first-order valence-electron chi connectivity index (χ1n) is 8.25. The predicted molar refractivity (Wildman–Crippen MR) is 98.4 cm³/mol. The van der Waals surface area contributed by atoms with E-state index >= 15 is 0 Å². The lowest BCUT2D eigenvalue weighted by atomic mass is 10.2. The minimum atomic E-state index is 0. The maximum Gasteiger partial charge on any atom is 0.260 e.